The molecule has 1 aromatic rings. The van der Waals surface area contributed by atoms with Gasteiger partial charge in [0.05, 0.1) is 5.69 Å². The number of rotatable bonds is 1. The first-order valence-electron chi connectivity index (χ1n) is 6.05. The highest BCUT2D eigenvalue weighted by molar-refractivity contribution is 6.07. The lowest BCUT2D eigenvalue weighted by molar-refractivity contribution is 0.469. The molecule has 0 atom stereocenters. The monoisotopic (exact) mass is 253 g/mol. The smallest absolute Gasteiger partial charge is 0.232 e. The standard InChI is InChI=1S/C14H15N5/c1-10-9-11(2)19-13(17-18(3)14(19)15-10)16-12-7-5-4-6-8-12/h4-9H,2H2,1,3H3,(H,16,17). The first kappa shape index (κ1) is 11.5. The van der Waals surface area contributed by atoms with E-state index < -0.39 is 0 Å². The highest BCUT2D eigenvalue weighted by atomic mass is 15.7. The van der Waals surface area contributed by atoms with E-state index in [4.69, 9.17) is 0 Å². The summed E-state index contributed by atoms with van der Waals surface area (Å²) in [6, 6.07) is 9.80. The molecule has 0 saturated carbocycles. The lowest BCUT2D eigenvalue weighted by atomic mass is 10.3. The van der Waals surface area contributed by atoms with E-state index in [-0.39, 0.29) is 0 Å². The molecule has 2 heterocycles. The van der Waals surface area contributed by atoms with Gasteiger partial charge in [0, 0.05) is 18.4 Å². The molecule has 2 aliphatic rings. The van der Waals surface area contributed by atoms with Crippen molar-refractivity contribution in [3.63, 3.8) is 0 Å². The lowest BCUT2D eigenvalue weighted by Crippen LogP contribution is -2.33. The first-order chi connectivity index (χ1) is 9.15. The van der Waals surface area contributed by atoms with Crippen molar-refractivity contribution >= 4 is 17.6 Å². The number of hydrogen-bond acceptors (Lipinski definition) is 3. The van der Waals surface area contributed by atoms with Crippen LogP contribution in [0.5, 0.6) is 0 Å². The average molecular weight is 253 g/mol. The molecule has 1 fully saturated rings. The van der Waals surface area contributed by atoms with E-state index in [0.717, 1.165) is 23.0 Å². The second-order valence-corrected chi connectivity index (χ2v) is 4.47. The minimum Gasteiger partial charge on any atom is -0.264 e. The Morgan fingerprint density at radius 2 is 2.00 bits per heavy atom. The van der Waals surface area contributed by atoms with Gasteiger partial charge in [-0.15, -0.1) is 0 Å². The van der Waals surface area contributed by atoms with Crippen LogP contribution in [0.25, 0.3) is 0 Å². The zero-order chi connectivity index (χ0) is 13.4. The van der Waals surface area contributed by atoms with E-state index in [0.29, 0.717) is 5.96 Å². The van der Waals surface area contributed by atoms with E-state index in [1.54, 1.807) is 0 Å². The number of nitrogens with one attached hydrogen (secondary N) is 1. The Hall–Kier alpha value is -2.56. The molecule has 2 aliphatic heterocycles. The molecule has 0 bridgehead atoms. The Labute approximate surface area is 112 Å². The second kappa shape index (κ2) is 4.28. The maximum Gasteiger partial charge on any atom is 0.232 e. The molecule has 5 heteroatoms. The Bertz CT molecular complexity index is 612. The molecular weight excluding hydrogens is 238 g/mol. The summed E-state index contributed by atoms with van der Waals surface area (Å²) in [7, 11) is 1.91. The fourth-order valence-corrected chi connectivity index (χ4v) is 2.08. The van der Waals surface area contributed by atoms with Crippen molar-refractivity contribution in [3.05, 3.63) is 54.4 Å². The maximum absolute atomic E-state index is 4.59. The van der Waals surface area contributed by atoms with E-state index >= 15 is 0 Å². The summed E-state index contributed by atoms with van der Waals surface area (Å²) in [6.45, 7) is 6.01. The molecule has 96 valence electrons. The lowest BCUT2D eigenvalue weighted by Gasteiger charge is -2.22. The summed E-state index contributed by atoms with van der Waals surface area (Å²) >= 11 is 0. The van der Waals surface area contributed by atoms with Gasteiger partial charge in [-0.1, -0.05) is 24.8 Å². The van der Waals surface area contributed by atoms with Crippen LogP contribution in [-0.2, 0) is 0 Å². The van der Waals surface area contributed by atoms with Crippen molar-refractivity contribution < 1.29 is 0 Å². The molecule has 5 nitrogen and oxygen atoms in total. The SMILES string of the molecule is C=C1C=C(C)N=C2N(C)NC(=Nc3ccccc3)N12. The Balaban J connectivity index is 2.00. The summed E-state index contributed by atoms with van der Waals surface area (Å²) in [5, 5.41) is 1.84. The van der Waals surface area contributed by atoms with Crippen molar-refractivity contribution in [1.29, 1.82) is 0 Å². The number of aliphatic imine (C=N–C) groups is 2. The van der Waals surface area contributed by atoms with Crippen LogP contribution < -0.4 is 5.43 Å². The molecule has 3 rings (SSSR count). The van der Waals surface area contributed by atoms with Crippen molar-refractivity contribution in [2.75, 3.05) is 7.05 Å². The van der Waals surface area contributed by atoms with Gasteiger partial charge in [-0.2, -0.15) is 0 Å². The van der Waals surface area contributed by atoms with Crippen LogP contribution >= 0.6 is 0 Å². The third-order valence-corrected chi connectivity index (χ3v) is 2.91. The van der Waals surface area contributed by atoms with Crippen LogP contribution in [0, 0.1) is 0 Å². The van der Waals surface area contributed by atoms with Crippen LogP contribution in [0.2, 0.25) is 0 Å². The fourth-order valence-electron chi connectivity index (χ4n) is 2.08. The van der Waals surface area contributed by atoms with Crippen molar-refractivity contribution in [2.24, 2.45) is 9.98 Å². The number of para-hydroxylation sites is 1. The van der Waals surface area contributed by atoms with Gasteiger partial charge in [-0.25, -0.2) is 14.9 Å². The molecule has 0 spiro atoms. The molecular formula is C14H15N5. The van der Waals surface area contributed by atoms with Gasteiger partial charge in [0.1, 0.15) is 0 Å². The summed E-state index contributed by atoms with van der Waals surface area (Å²) in [5.41, 5.74) is 5.86. The number of hydrazine groups is 1. The zero-order valence-electron chi connectivity index (χ0n) is 11.0. The summed E-state index contributed by atoms with van der Waals surface area (Å²) in [6.07, 6.45) is 1.94. The number of fused-ring (bicyclic) bond motifs is 1. The van der Waals surface area contributed by atoms with Gasteiger partial charge in [-0.3, -0.25) is 10.4 Å². The van der Waals surface area contributed by atoms with E-state index in [2.05, 4.69) is 22.0 Å². The number of guanidine groups is 2. The number of nitrogens with zero attached hydrogens (tertiary/aromatic N) is 4. The van der Waals surface area contributed by atoms with E-state index in [1.165, 1.54) is 0 Å². The highest BCUT2D eigenvalue weighted by Gasteiger charge is 2.33. The van der Waals surface area contributed by atoms with Crippen LogP contribution in [-0.4, -0.2) is 28.9 Å². The van der Waals surface area contributed by atoms with Gasteiger partial charge in [0.25, 0.3) is 0 Å². The molecule has 0 unspecified atom stereocenters. The second-order valence-electron chi connectivity index (χ2n) is 4.47. The average Bonchev–Trinajstić information content (AvgIpc) is 2.67. The minimum atomic E-state index is 0.709. The third kappa shape index (κ3) is 1.99. The normalized spacial score (nSPS) is 20.1. The molecule has 0 aromatic heterocycles. The molecule has 1 saturated heterocycles. The van der Waals surface area contributed by atoms with Crippen LogP contribution in [0.3, 0.4) is 0 Å². The molecule has 19 heavy (non-hydrogen) atoms. The van der Waals surface area contributed by atoms with Crippen LogP contribution in [0.15, 0.2) is 64.4 Å². The number of allylic oxidation sites excluding steroid dienone is 2. The van der Waals surface area contributed by atoms with E-state index in [9.17, 15) is 0 Å². The van der Waals surface area contributed by atoms with Crippen molar-refractivity contribution in [3.8, 4) is 0 Å². The quantitative estimate of drug-likeness (QED) is 0.834. The third-order valence-electron chi connectivity index (χ3n) is 2.91. The Morgan fingerprint density at radius 1 is 1.26 bits per heavy atom. The van der Waals surface area contributed by atoms with Gasteiger partial charge in [0.2, 0.25) is 11.9 Å². The maximum atomic E-state index is 4.59. The molecule has 1 N–H and O–H groups in total. The first-order valence-corrected chi connectivity index (χ1v) is 6.05. The topological polar surface area (TPSA) is 43.2 Å². The van der Waals surface area contributed by atoms with Crippen LogP contribution in [0.4, 0.5) is 5.69 Å². The molecule has 1 aromatic carbocycles. The number of benzene rings is 1. The predicted octanol–water partition coefficient (Wildman–Crippen LogP) is 2.21. The van der Waals surface area contributed by atoms with Gasteiger partial charge in [-0.05, 0) is 25.1 Å². The summed E-state index contributed by atoms with van der Waals surface area (Å²) in [4.78, 5) is 11.0. The summed E-state index contributed by atoms with van der Waals surface area (Å²) < 4.78 is 0. The van der Waals surface area contributed by atoms with Crippen LogP contribution in [0.1, 0.15) is 6.92 Å². The van der Waals surface area contributed by atoms with Crippen molar-refractivity contribution in [2.45, 2.75) is 6.92 Å². The zero-order valence-corrected chi connectivity index (χ0v) is 11.0. The summed E-state index contributed by atoms with van der Waals surface area (Å²) in [5.74, 6) is 1.50. The molecule has 0 aliphatic carbocycles. The minimum absolute atomic E-state index is 0.709. The van der Waals surface area contributed by atoms with Crippen molar-refractivity contribution in [1.82, 2.24) is 15.3 Å². The fraction of sp³-hybridized carbons (Fsp3) is 0.143. The largest absolute Gasteiger partial charge is 0.264 e. The highest BCUT2D eigenvalue weighted by Crippen LogP contribution is 2.22. The molecule has 0 radical (unpaired) electrons. The molecule has 0 amide bonds. The van der Waals surface area contributed by atoms with E-state index in [1.807, 2.05) is 60.3 Å². The van der Waals surface area contributed by atoms with Gasteiger partial charge >= 0.3 is 0 Å². The predicted molar refractivity (Wildman–Crippen MR) is 76.6 cm³/mol. The van der Waals surface area contributed by atoms with Gasteiger partial charge < -0.3 is 0 Å². The Morgan fingerprint density at radius 3 is 2.74 bits per heavy atom. The number of hydrogen-bond donors (Lipinski definition) is 1. The van der Waals surface area contributed by atoms with Gasteiger partial charge in [0.15, 0.2) is 0 Å². The Kier molecular flexibility index (Phi) is 2.59.